The molecule has 3 aromatic heterocycles. The van der Waals surface area contributed by atoms with Crippen LogP contribution in [0.2, 0.25) is 5.02 Å². The number of rotatable bonds is 4. The number of aromatic nitrogens is 3. The molecule has 0 fully saturated rings. The summed E-state index contributed by atoms with van der Waals surface area (Å²) in [4.78, 5) is 28.4. The number of halogens is 1. The maximum atomic E-state index is 12.0. The quantitative estimate of drug-likeness (QED) is 0.789. The first-order valence-corrected chi connectivity index (χ1v) is 7.41. The molecule has 0 aliphatic carbocycles. The molecule has 3 rings (SSSR count). The van der Waals surface area contributed by atoms with Crippen LogP contribution in [-0.2, 0) is 11.3 Å². The van der Waals surface area contributed by atoms with Gasteiger partial charge in [-0.15, -0.1) is 11.3 Å². The Balaban J connectivity index is 1.78. The fourth-order valence-corrected chi connectivity index (χ4v) is 2.59. The summed E-state index contributed by atoms with van der Waals surface area (Å²) in [6, 6.07) is 6.78. The molecule has 1 N–H and O–H groups in total. The highest BCUT2D eigenvalue weighted by molar-refractivity contribution is 7.13. The van der Waals surface area contributed by atoms with Crippen LogP contribution in [-0.4, -0.2) is 20.6 Å². The van der Waals surface area contributed by atoms with Crippen LogP contribution >= 0.6 is 22.9 Å². The first-order chi connectivity index (χ1) is 10.6. The molecule has 0 saturated heterocycles. The Bertz CT molecular complexity index is 839. The molecule has 112 valence electrons. The molecule has 22 heavy (non-hydrogen) atoms. The number of nitrogens with one attached hydrogen (secondary N) is 1. The van der Waals surface area contributed by atoms with Gasteiger partial charge in [0.25, 0.3) is 0 Å². The fraction of sp³-hybridized carbons (Fsp3) is 0.0769. The van der Waals surface area contributed by atoms with Crippen molar-refractivity contribution in [1.29, 1.82) is 0 Å². The Morgan fingerprint density at radius 3 is 2.95 bits per heavy atom. The van der Waals surface area contributed by atoms with Crippen LogP contribution < -0.4 is 11.1 Å². The molecule has 9 heteroatoms. The number of carbonyl (C=O) groups excluding carboxylic acids is 1. The second kappa shape index (κ2) is 6.12. The highest BCUT2D eigenvalue weighted by Crippen LogP contribution is 2.21. The first kappa shape index (κ1) is 14.5. The van der Waals surface area contributed by atoms with E-state index in [9.17, 15) is 9.59 Å². The number of anilines is 1. The summed E-state index contributed by atoms with van der Waals surface area (Å²) in [5.74, 6) is -0.448. The molecule has 0 saturated carbocycles. The van der Waals surface area contributed by atoms with Crippen molar-refractivity contribution in [2.24, 2.45) is 0 Å². The summed E-state index contributed by atoms with van der Waals surface area (Å²) >= 11 is 7.12. The Morgan fingerprint density at radius 1 is 1.41 bits per heavy atom. The summed E-state index contributed by atoms with van der Waals surface area (Å²) < 4.78 is 5.80. The van der Waals surface area contributed by atoms with Crippen molar-refractivity contribution < 1.29 is 9.32 Å². The van der Waals surface area contributed by atoms with Gasteiger partial charge >= 0.3 is 5.76 Å². The van der Waals surface area contributed by atoms with Gasteiger partial charge in [-0.1, -0.05) is 22.8 Å². The third kappa shape index (κ3) is 3.07. The lowest BCUT2D eigenvalue weighted by Gasteiger charge is -2.05. The van der Waals surface area contributed by atoms with Crippen LogP contribution in [0, 0.1) is 0 Å². The summed E-state index contributed by atoms with van der Waals surface area (Å²) in [6.45, 7) is -0.222. The smallest absolute Gasteiger partial charge is 0.309 e. The molecule has 7 nitrogen and oxygen atoms in total. The molecule has 0 aromatic carbocycles. The predicted molar refractivity (Wildman–Crippen MR) is 82.0 cm³/mol. The summed E-state index contributed by atoms with van der Waals surface area (Å²) in [5, 5.41) is 8.59. The van der Waals surface area contributed by atoms with Crippen molar-refractivity contribution in [1.82, 2.24) is 14.7 Å². The fourth-order valence-electron chi connectivity index (χ4n) is 1.77. The predicted octanol–water partition coefficient (Wildman–Crippen LogP) is 2.25. The van der Waals surface area contributed by atoms with Gasteiger partial charge in [0.1, 0.15) is 12.4 Å². The van der Waals surface area contributed by atoms with Crippen LogP contribution in [0.15, 0.2) is 45.2 Å². The van der Waals surface area contributed by atoms with Gasteiger partial charge in [0.15, 0.2) is 5.82 Å². The van der Waals surface area contributed by atoms with E-state index in [4.69, 9.17) is 11.6 Å². The Morgan fingerprint density at radius 2 is 2.27 bits per heavy atom. The summed E-state index contributed by atoms with van der Waals surface area (Å²) in [7, 11) is 0. The average Bonchev–Trinajstić information content (AvgIpc) is 3.12. The van der Waals surface area contributed by atoms with E-state index in [0.717, 1.165) is 9.44 Å². The number of thiophene rings is 1. The molecular formula is C13H9ClN4O3S. The third-order valence-electron chi connectivity index (χ3n) is 2.72. The van der Waals surface area contributed by atoms with Crippen LogP contribution in [0.4, 0.5) is 5.82 Å². The minimum Gasteiger partial charge on any atom is -0.309 e. The topological polar surface area (TPSA) is 90.0 Å². The molecule has 0 aliphatic heterocycles. The second-order valence-electron chi connectivity index (χ2n) is 4.25. The molecule has 3 heterocycles. The summed E-state index contributed by atoms with van der Waals surface area (Å²) in [6.07, 6.45) is 1.42. The van der Waals surface area contributed by atoms with Gasteiger partial charge in [-0.25, -0.2) is 14.3 Å². The van der Waals surface area contributed by atoms with E-state index in [1.807, 2.05) is 11.4 Å². The normalized spacial score (nSPS) is 10.6. The van der Waals surface area contributed by atoms with Crippen molar-refractivity contribution in [2.45, 2.75) is 6.54 Å². The highest BCUT2D eigenvalue weighted by atomic mass is 35.5. The number of hydrogen-bond donors (Lipinski definition) is 1. The van der Waals surface area contributed by atoms with Crippen molar-refractivity contribution in [3.8, 4) is 10.7 Å². The van der Waals surface area contributed by atoms with Gasteiger partial charge in [0.2, 0.25) is 5.91 Å². The first-order valence-electron chi connectivity index (χ1n) is 6.15. The lowest BCUT2D eigenvalue weighted by Crippen LogP contribution is -2.25. The Labute approximate surface area is 133 Å². The van der Waals surface area contributed by atoms with E-state index in [-0.39, 0.29) is 6.54 Å². The van der Waals surface area contributed by atoms with E-state index in [1.54, 1.807) is 18.2 Å². The maximum Gasteiger partial charge on any atom is 0.442 e. The van der Waals surface area contributed by atoms with Crippen molar-refractivity contribution in [3.63, 3.8) is 0 Å². The standard InChI is InChI=1S/C13H9ClN4O3S/c14-8-3-4-10(15-6-8)16-11(19)7-18-12(17-21-13(18)20)9-2-1-5-22-9/h1-6H,7H2,(H,15,16,19). The Hall–Kier alpha value is -2.45. The van der Waals surface area contributed by atoms with Crippen LogP contribution in [0.3, 0.4) is 0 Å². The minimum atomic E-state index is -0.692. The maximum absolute atomic E-state index is 12.0. The van der Waals surface area contributed by atoms with E-state index in [2.05, 4.69) is 20.0 Å². The second-order valence-corrected chi connectivity index (χ2v) is 5.63. The van der Waals surface area contributed by atoms with E-state index >= 15 is 0 Å². The zero-order chi connectivity index (χ0) is 15.5. The van der Waals surface area contributed by atoms with Crippen LogP contribution in [0.25, 0.3) is 10.7 Å². The zero-order valence-corrected chi connectivity index (χ0v) is 12.6. The molecule has 0 unspecified atom stereocenters. The number of amides is 1. The summed E-state index contributed by atoms with van der Waals surface area (Å²) in [5.41, 5.74) is 0. The largest absolute Gasteiger partial charge is 0.442 e. The van der Waals surface area contributed by atoms with Gasteiger partial charge in [-0.05, 0) is 23.6 Å². The van der Waals surface area contributed by atoms with Crippen LogP contribution in [0.5, 0.6) is 0 Å². The lowest BCUT2D eigenvalue weighted by atomic mass is 10.4. The van der Waals surface area contributed by atoms with E-state index in [1.165, 1.54) is 17.5 Å². The van der Waals surface area contributed by atoms with E-state index in [0.29, 0.717) is 16.7 Å². The van der Waals surface area contributed by atoms with Crippen LogP contribution in [0.1, 0.15) is 0 Å². The zero-order valence-electron chi connectivity index (χ0n) is 11.0. The van der Waals surface area contributed by atoms with Crippen molar-refractivity contribution in [2.75, 3.05) is 5.32 Å². The average molecular weight is 337 g/mol. The van der Waals surface area contributed by atoms with Gasteiger partial charge in [0, 0.05) is 6.20 Å². The molecule has 0 spiro atoms. The van der Waals surface area contributed by atoms with Gasteiger partial charge < -0.3 is 5.32 Å². The number of hydrogen-bond acceptors (Lipinski definition) is 6. The van der Waals surface area contributed by atoms with E-state index < -0.39 is 11.7 Å². The van der Waals surface area contributed by atoms with Crippen molar-refractivity contribution >= 4 is 34.7 Å². The molecular weight excluding hydrogens is 328 g/mol. The SMILES string of the molecule is O=C(Cn1c(-c2cccs2)noc1=O)Nc1ccc(Cl)cn1. The van der Waals surface area contributed by atoms with Crippen molar-refractivity contribution in [3.05, 3.63) is 51.4 Å². The van der Waals surface area contributed by atoms with Gasteiger partial charge in [-0.2, -0.15) is 0 Å². The lowest BCUT2D eigenvalue weighted by molar-refractivity contribution is -0.116. The molecule has 3 aromatic rings. The van der Waals surface area contributed by atoms with Gasteiger partial charge in [-0.3, -0.25) is 9.32 Å². The number of carbonyl (C=O) groups is 1. The molecule has 0 atom stereocenters. The monoisotopic (exact) mass is 336 g/mol. The highest BCUT2D eigenvalue weighted by Gasteiger charge is 2.16. The molecule has 0 bridgehead atoms. The Kier molecular flexibility index (Phi) is 4.03. The molecule has 0 radical (unpaired) electrons. The third-order valence-corrected chi connectivity index (χ3v) is 3.81. The number of pyridine rings is 1. The molecule has 1 amide bonds. The van der Waals surface area contributed by atoms with Gasteiger partial charge in [0.05, 0.1) is 9.90 Å². The number of nitrogens with zero attached hydrogens (tertiary/aromatic N) is 3. The molecule has 0 aliphatic rings. The minimum absolute atomic E-state index is 0.222.